The summed E-state index contributed by atoms with van der Waals surface area (Å²) in [5, 5.41) is 3.88. The van der Waals surface area contributed by atoms with Gasteiger partial charge in [-0.05, 0) is 25.3 Å². The summed E-state index contributed by atoms with van der Waals surface area (Å²) in [5.41, 5.74) is 7.83. The van der Waals surface area contributed by atoms with Crippen LogP contribution in [-0.2, 0) is 4.74 Å². The molecule has 0 bridgehead atoms. The predicted molar refractivity (Wildman–Crippen MR) is 89.0 cm³/mol. The van der Waals surface area contributed by atoms with Gasteiger partial charge in [0.25, 0.3) is 5.91 Å². The van der Waals surface area contributed by atoms with E-state index in [1.165, 1.54) is 11.3 Å². The number of benzene rings is 1. The fraction of sp³-hybridized carbons (Fsp3) is 0.438. The maximum atomic E-state index is 12.2. The highest BCUT2D eigenvalue weighted by molar-refractivity contribution is 7.21. The molecule has 2 aromatic rings. The molecule has 0 saturated heterocycles. The average molecular weight is 306 g/mol. The maximum Gasteiger partial charge on any atom is 0.263 e. The molecular formula is C16H22N2O2S. The number of carbonyl (C=O) groups is 1. The van der Waals surface area contributed by atoms with Gasteiger partial charge < -0.3 is 15.8 Å². The normalized spacial score (nSPS) is 11.0. The minimum Gasteiger partial charge on any atom is -0.397 e. The van der Waals surface area contributed by atoms with Gasteiger partial charge in [-0.2, -0.15) is 0 Å². The first-order chi connectivity index (χ1) is 10.1. The van der Waals surface area contributed by atoms with E-state index in [9.17, 15) is 4.79 Å². The van der Waals surface area contributed by atoms with E-state index in [-0.39, 0.29) is 5.91 Å². The van der Waals surface area contributed by atoms with Gasteiger partial charge in [-0.15, -0.1) is 11.3 Å². The van der Waals surface area contributed by atoms with Crippen LogP contribution in [0.1, 0.15) is 35.0 Å². The number of nitrogens with two attached hydrogens (primary N) is 1. The zero-order valence-electron chi connectivity index (χ0n) is 12.6. The van der Waals surface area contributed by atoms with E-state index < -0.39 is 0 Å². The van der Waals surface area contributed by atoms with Crippen LogP contribution in [0.15, 0.2) is 18.2 Å². The number of nitrogen functional groups attached to an aromatic ring is 1. The zero-order chi connectivity index (χ0) is 15.2. The molecule has 2 rings (SSSR count). The number of carbonyl (C=O) groups excluding carboxylic acids is 1. The number of anilines is 1. The molecule has 0 unspecified atom stereocenters. The van der Waals surface area contributed by atoms with Gasteiger partial charge in [0.2, 0.25) is 0 Å². The van der Waals surface area contributed by atoms with Crippen molar-refractivity contribution in [3.63, 3.8) is 0 Å². The second kappa shape index (κ2) is 7.43. The first-order valence-electron chi connectivity index (χ1n) is 7.28. The molecule has 1 heterocycles. The molecule has 0 aliphatic carbocycles. The van der Waals surface area contributed by atoms with Gasteiger partial charge in [-0.25, -0.2) is 0 Å². The van der Waals surface area contributed by atoms with Crippen LogP contribution in [0.4, 0.5) is 5.69 Å². The Morgan fingerprint density at radius 2 is 2.19 bits per heavy atom. The fourth-order valence-corrected chi connectivity index (χ4v) is 3.26. The van der Waals surface area contributed by atoms with E-state index in [0.717, 1.165) is 35.1 Å². The van der Waals surface area contributed by atoms with Crippen LogP contribution in [0.25, 0.3) is 10.1 Å². The van der Waals surface area contributed by atoms with Crippen molar-refractivity contribution in [1.29, 1.82) is 0 Å². The molecule has 0 fully saturated rings. The SMILES string of the molecule is CCCOCCCNC(=O)c1sc2c(C)cccc2c1N. The lowest BCUT2D eigenvalue weighted by atomic mass is 10.1. The molecule has 0 saturated carbocycles. The monoisotopic (exact) mass is 306 g/mol. The minimum atomic E-state index is -0.0939. The first-order valence-corrected chi connectivity index (χ1v) is 8.10. The second-order valence-electron chi connectivity index (χ2n) is 5.02. The Hall–Kier alpha value is -1.59. The van der Waals surface area contributed by atoms with E-state index in [4.69, 9.17) is 10.5 Å². The van der Waals surface area contributed by atoms with Crippen LogP contribution in [0.2, 0.25) is 0 Å². The number of thiophene rings is 1. The lowest BCUT2D eigenvalue weighted by Gasteiger charge is -2.05. The van der Waals surface area contributed by atoms with Crippen molar-refractivity contribution < 1.29 is 9.53 Å². The summed E-state index contributed by atoms with van der Waals surface area (Å²) >= 11 is 1.46. The van der Waals surface area contributed by atoms with E-state index in [1.54, 1.807) is 0 Å². The zero-order valence-corrected chi connectivity index (χ0v) is 13.4. The fourth-order valence-electron chi connectivity index (χ4n) is 2.15. The number of rotatable bonds is 7. The van der Waals surface area contributed by atoms with Crippen LogP contribution in [0, 0.1) is 6.92 Å². The molecule has 0 aliphatic rings. The smallest absolute Gasteiger partial charge is 0.263 e. The van der Waals surface area contributed by atoms with E-state index in [2.05, 4.69) is 12.2 Å². The summed E-state index contributed by atoms with van der Waals surface area (Å²) in [4.78, 5) is 12.8. The Morgan fingerprint density at radius 1 is 1.38 bits per heavy atom. The van der Waals surface area contributed by atoms with Gasteiger partial charge in [-0.1, -0.05) is 25.1 Å². The molecule has 0 radical (unpaired) electrons. The van der Waals surface area contributed by atoms with Crippen molar-refractivity contribution in [2.24, 2.45) is 0 Å². The summed E-state index contributed by atoms with van der Waals surface area (Å²) in [5.74, 6) is -0.0939. The summed E-state index contributed by atoms with van der Waals surface area (Å²) in [6.07, 6.45) is 1.83. The Labute approximate surface area is 129 Å². The number of amides is 1. The number of aryl methyl sites for hydroxylation is 1. The Bertz CT molecular complexity index is 622. The van der Waals surface area contributed by atoms with Gasteiger partial charge in [0.1, 0.15) is 4.88 Å². The molecular weight excluding hydrogens is 284 g/mol. The number of hydrogen-bond donors (Lipinski definition) is 2. The molecule has 0 spiro atoms. The molecule has 0 aliphatic heterocycles. The van der Waals surface area contributed by atoms with Gasteiger partial charge in [0.15, 0.2) is 0 Å². The number of nitrogens with one attached hydrogen (secondary N) is 1. The molecule has 5 heteroatoms. The third-order valence-corrected chi connectivity index (χ3v) is 4.61. The summed E-state index contributed by atoms with van der Waals surface area (Å²) in [6, 6.07) is 5.96. The number of ether oxygens (including phenoxy) is 1. The number of hydrogen-bond acceptors (Lipinski definition) is 4. The highest BCUT2D eigenvalue weighted by Crippen LogP contribution is 2.35. The van der Waals surface area contributed by atoms with Gasteiger partial charge in [0.05, 0.1) is 5.69 Å². The summed E-state index contributed by atoms with van der Waals surface area (Å²) in [6.45, 7) is 6.17. The molecule has 1 aromatic heterocycles. The van der Waals surface area contributed by atoms with Crippen molar-refractivity contribution in [3.8, 4) is 0 Å². The number of fused-ring (bicyclic) bond motifs is 1. The molecule has 21 heavy (non-hydrogen) atoms. The third kappa shape index (κ3) is 3.74. The quantitative estimate of drug-likeness (QED) is 0.771. The van der Waals surface area contributed by atoms with Crippen molar-refractivity contribution in [2.75, 3.05) is 25.5 Å². The van der Waals surface area contributed by atoms with Crippen LogP contribution in [0.5, 0.6) is 0 Å². The second-order valence-corrected chi connectivity index (χ2v) is 6.04. The van der Waals surface area contributed by atoms with Crippen LogP contribution in [0.3, 0.4) is 0 Å². The Balaban J connectivity index is 1.97. The molecule has 1 amide bonds. The molecule has 114 valence electrons. The molecule has 0 atom stereocenters. The van der Waals surface area contributed by atoms with Crippen LogP contribution >= 0.6 is 11.3 Å². The minimum absolute atomic E-state index is 0.0939. The van der Waals surface area contributed by atoms with Crippen LogP contribution in [-0.4, -0.2) is 25.7 Å². The summed E-state index contributed by atoms with van der Waals surface area (Å²) < 4.78 is 6.47. The average Bonchev–Trinajstić information content (AvgIpc) is 2.82. The largest absolute Gasteiger partial charge is 0.397 e. The van der Waals surface area contributed by atoms with Crippen LogP contribution < -0.4 is 11.1 Å². The van der Waals surface area contributed by atoms with E-state index in [1.807, 2.05) is 25.1 Å². The standard InChI is InChI=1S/C16H22N2O2S/c1-3-9-20-10-5-8-18-16(19)15-13(17)12-7-4-6-11(2)14(12)21-15/h4,6-7H,3,5,8-10,17H2,1-2H3,(H,18,19). The lowest BCUT2D eigenvalue weighted by Crippen LogP contribution is -2.25. The van der Waals surface area contributed by atoms with Crippen molar-refractivity contribution in [1.82, 2.24) is 5.32 Å². The molecule has 4 nitrogen and oxygen atoms in total. The summed E-state index contributed by atoms with van der Waals surface area (Å²) in [7, 11) is 0. The lowest BCUT2D eigenvalue weighted by molar-refractivity contribution is 0.0946. The van der Waals surface area contributed by atoms with Gasteiger partial charge in [0, 0.05) is 29.8 Å². The van der Waals surface area contributed by atoms with Crippen molar-refractivity contribution in [2.45, 2.75) is 26.7 Å². The van der Waals surface area contributed by atoms with Crippen molar-refractivity contribution in [3.05, 3.63) is 28.6 Å². The van der Waals surface area contributed by atoms with E-state index >= 15 is 0 Å². The van der Waals surface area contributed by atoms with Gasteiger partial charge >= 0.3 is 0 Å². The Morgan fingerprint density at radius 3 is 2.90 bits per heavy atom. The molecule has 1 aromatic carbocycles. The van der Waals surface area contributed by atoms with E-state index in [0.29, 0.717) is 23.7 Å². The predicted octanol–water partition coefficient (Wildman–Crippen LogP) is 3.34. The first kappa shape index (κ1) is 15.8. The highest BCUT2D eigenvalue weighted by atomic mass is 32.1. The maximum absolute atomic E-state index is 12.2. The molecule has 3 N–H and O–H groups in total. The third-order valence-electron chi connectivity index (χ3n) is 3.26. The van der Waals surface area contributed by atoms with Gasteiger partial charge in [-0.3, -0.25) is 4.79 Å². The highest BCUT2D eigenvalue weighted by Gasteiger charge is 2.16. The van der Waals surface area contributed by atoms with Crippen molar-refractivity contribution >= 4 is 33.0 Å². The topological polar surface area (TPSA) is 64.3 Å². The Kier molecular flexibility index (Phi) is 5.59.